The largest absolute Gasteiger partial charge is 0.496 e. The van der Waals surface area contributed by atoms with E-state index in [0.29, 0.717) is 12.3 Å². The van der Waals surface area contributed by atoms with Gasteiger partial charge >= 0.3 is 5.97 Å². The van der Waals surface area contributed by atoms with Gasteiger partial charge in [-0.3, -0.25) is 4.98 Å². The normalized spacial score (nSPS) is 11.2. The molecular formula is C20H22N2O3. The van der Waals surface area contributed by atoms with Crippen molar-refractivity contribution in [2.24, 2.45) is 0 Å². The van der Waals surface area contributed by atoms with Gasteiger partial charge in [-0.15, -0.1) is 0 Å². The Morgan fingerprint density at radius 2 is 2.04 bits per heavy atom. The third kappa shape index (κ3) is 3.09. The Hall–Kier alpha value is -2.82. The van der Waals surface area contributed by atoms with Crippen LogP contribution in [0.2, 0.25) is 0 Å². The third-order valence-electron chi connectivity index (χ3n) is 4.40. The molecule has 0 aliphatic carbocycles. The predicted octanol–water partition coefficient (Wildman–Crippen LogP) is 4.22. The van der Waals surface area contributed by atoms with Crippen molar-refractivity contribution in [3.8, 4) is 5.75 Å². The Labute approximate surface area is 146 Å². The number of aryl methyl sites for hydroxylation is 1. The molecule has 0 aliphatic heterocycles. The summed E-state index contributed by atoms with van der Waals surface area (Å²) < 4.78 is 7.29. The Bertz CT molecular complexity index is 942. The number of carboxylic acid groups (broad SMARTS) is 1. The number of carboxylic acids is 1. The van der Waals surface area contributed by atoms with Crippen LogP contribution in [0.25, 0.3) is 10.9 Å². The molecule has 1 N–H and O–H groups in total. The number of pyridine rings is 1. The molecule has 2 aromatic heterocycles. The van der Waals surface area contributed by atoms with Crippen LogP contribution >= 0.6 is 0 Å². The highest BCUT2D eigenvalue weighted by molar-refractivity contribution is 5.98. The zero-order valence-corrected chi connectivity index (χ0v) is 14.9. The SMILES string of the molecule is COc1ccc(C(C)C)c2c1cc(C(=O)O)n2Cc1cc(C)ccn1. The highest BCUT2D eigenvalue weighted by Crippen LogP contribution is 2.35. The van der Waals surface area contributed by atoms with E-state index >= 15 is 0 Å². The first-order valence-electron chi connectivity index (χ1n) is 8.27. The second kappa shape index (κ2) is 6.59. The molecule has 0 amide bonds. The molecule has 0 saturated carbocycles. The van der Waals surface area contributed by atoms with Crippen molar-refractivity contribution in [2.45, 2.75) is 33.2 Å². The number of hydrogen-bond donors (Lipinski definition) is 1. The van der Waals surface area contributed by atoms with Crippen molar-refractivity contribution in [3.05, 3.63) is 59.0 Å². The fourth-order valence-electron chi connectivity index (χ4n) is 3.21. The summed E-state index contributed by atoms with van der Waals surface area (Å²) in [6, 6.07) is 9.51. The average Bonchev–Trinajstić information content (AvgIpc) is 2.93. The van der Waals surface area contributed by atoms with Crippen LogP contribution in [0.5, 0.6) is 5.75 Å². The van der Waals surface area contributed by atoms with Crippen LogP contribution in [-0.2, 0) is 6.54 Å². The Morgan fingerprint density at radius 3 is 2.64 bits per heavy atom. The number of fused-ring (bicyclic) bond motifs is 1. The third-order valence-corrected chi connectivity index (χ3v) is 4.40. The van der Waals surface area contributed by atoms with E-state index in [0.717, 1.165) is 27.7 Å². The molecule has 0 fully saturated rings. The highest BCUT2D eigenvalue weighted by atomic mass is 16.5. The van der Waals surface area contributed by atoms with Gasteiger partial charge in [0.25, 0.3) is 0 Å². The fourth-order valence-corrected chi connectivity index (χ4v) is 3.21. The van der Waals surface area contributed by atoms with Crippen molar-refractivity contribution in [1.29, 1.82) is 0 Å². The molecule has 3 rings (SSSR count). The van der Waals surface area contributed by atoms with E-state index in [-0.39, 0.29) is 11.6 Å². The molecule has 0 saturated heterocycles. The summed E-state index contributed by atoms with van der Waals surface area (Å²) in [7, 11) is 1.60. The second-order valence-electron chi connectivity index (χ2n) is 6.52. The van der Waals surface area contributed by atoms with Crippen LogP contribution in [0.4, 0.5) is 0 Å². The molecule has 130 valence electrons. The summed E-state index contributed by atoms with van der Waals surface area (Å²) in [5.74, 6) is -0.0207. The number of benzene rings is 1. The lowest BCUT2D eigenvalue weighted by atomic mass is 10.00. The van der Waals surface area contributed by atoms with Crippen molar-refractivity contribution < 1.29 is 14.6 Å². The summed E-state index contributed by atoms with van der Waals surface area (Å²) in [5, 5.41) is 10.5. The molecule has 0 unspecified atom stereocenters. The van der Waals surface area contributed by atoms with Gasteiger partial charge in [0.2, 0.25) is 0 Å². The standard InChI is InChI=1S/C20H22N2O3/c1-12(2)15-5-6-18(25-4)16-10-17(20(23)24)22(19(15)16)11-14-9-13(3)7-8-21-14/h5-10,12H,11H2,1-4H3,(H,23,24). The lowest BCUT2D eigenvalue weighted by Crippen LogP contribution is -2.11. The Balaban J connectivity index is 2.30. The zero-order chi connectivity index (χ0) is 18.1. The number of methoxy groups -OCH3 is 1. The Morgan fingerprint density at radius 1 is 1.28 bits per heavy atom. The summed E-state index contributed by atoms with van der Waals surface area (Å²) in [6.07, 6.45) is 1.75. The molecule has 0 spiro atoms. The van der Waals surface area contributed by atoms with Crippen LogP contribution in [-0.4, -0.2) is 27.7 Å². The van der Waals surface area contributed by atoms with Crippen molar-refractivity contribution in [1.82, 2.24) is 9.55 Å². The van der Waals surface area contributed by atoms with Gasteiger partial charge in [-0.25, -0.2) is 4.79 Å². The Kier molecular flexibility index (Phi) is 4.49. The predicted molar refractivity (Wildman–Crippen MR) is 97.6 cm³/mol. The molecular weight excluding hydrogens is 316 g/mol. The molecule has 0 aliphatic rings. The fraction of sp³-hybridized carbons (Fsp3) is 0.300. The molecule has 5 nitrogen and oxygen atoms in total. The van der Waals surface area contributed by atoms with E-state index in [1.165, 1.54) is 0 Å². The van der Waals surface area contributed by atoms with Crippen LogP contribution < -0.4 is 4.74 Å². The smallest absolute Gasteiger partial charge is 0.352 e. The highest BCUT2D eigenvalue weighted by Gasteiger charge is 2.21. The number of carbonyl (C=O) groups is 1. The van der Waals surface area contributed by atoms with Gasteiger partial charge in [0.15, 0.2) is 0 Å². The van der Waals surface area contributed by atoms with Gasteiger partial charge in [0.05, 0.1) is 24.9 Å². The quantitative estimate of drug-likeness (QED) is 0.756. The molecule has 3 aromatic rings. The van der Waals surface area contributed by atoms with Crippen LogP contribution in [0.3, 0.4) is 0 Å². The number of nitrogens with zero attached hydrogens (tertiary/aromatic N) is 2. The van der Waals surface area contributed by atoms with Gasteiger partial charge in [-0.1, -0.05) is 19.9 Å². The average molecular weight is 338 g/mol. The van der Waals surface area contributed by atoms with Crippen molar-refractivity contribution in [2.75, 3.05) is 7.11 Å². The number of ether oxygens (including phenoxy) is 1. The first kappa shape index (κ1) is 17.0. The van der Waals surface area contributed by atoms with E-state index < -0.39 is 5.97 Å². The number of hydrogen-bond acceptors (Lipinski definition) is 3. The van der Waals surface area contributed by atoms with E-state index in [1.807, 2.05) is 35.8 Å². The van der Waals surface area contributed by atoms with Gasteiger partial charge in [-0.05, 0) is 48.2 Å². The first-order chi connectivity index (χ1) is 11.9. The minimum atomic E-state index is -0.958. The summed E-state index contributed by atoms with van der Waals surface area (Å²) in [4.78, 5) is 16.2. The van der Waals surface area contributed by atoms with E-state index in [4.69, 9.17) is 4.74 Å². The molecule has 0 atom stereocenters. The minimum absolute atomic E-state index is 0.240. The van der Waals surface area contributed by atoms with E-state index in [2.05, 4.69) is 18.8 Å². The van der Waals surface area contributed by atoms with E-state index in [9.17, 15) is 9.90 Å². The maximum absolute atomic E-state index is 11.8. The minimum Gasteiger partial charge on any atom is -0.496 e. The number of aromatic nitrogens is 2. The van der Waals surface area contributed by atoms with Gasteiger partial charge in [0, 0.05) is 11.6 Å². The monoisotopic (exact) mass is 338 g/mol. The molecule has 5 heteroatoms. The van der Waals surface area contributed by atoms with Gasteiger partial charge < -0.3 is 14.4 Å². The summed E-state index contributed by atoms with van der Waals surface area (Å²) in [6.45, 7) is 6.60. The van der Waals surface area contributed by atoms with E-state index in [1.54, 1.807) is 19.4 Å². The maximum atomic E-state index is 11.8. The van der Waals surface area contributed by atoms with Crippen LogP contribution in [0.15, 0.2) is 36.5 Å². The zero-order valence-electron chi connectivity index (χ0n) is 14.9. The van der Waals surface area contributed by atoms with Gasteiger partial charge in [-0.2, -0.15) is 0 Å². The summed E-state index contributed by atoms with van der Waals surface area (Å²) in [5.41, 5.74) is 4.16. The molecule has 25 heavy (non-hydrogen) atoms. The lowest BCUT2D eigenvalue weighted by Gasteiger charge is -2.15. The molecule has 0 bridgehead atoms. The van der Waals surface area contributed by atoms with Crippen LogP contribution in [0, 0.1) is 6.92 Å². The molecule has 1 aromatic carbocycles. The first-order valence-corrected chi connectivity index (χ1v) is 8.27. The van der Waals surface area contributed by atoms with Gasteiger partial charge in [0.1, 0.15) is 11.4 Å². The number of aromatic carboxylic acids is 1. The van der Waals surface area contributed by atoms with Crippen LogP contribution in [0.1, 0.15) is 47.1 Å². The topological polar surface area (TPSA) is 64.3 Å². The molecule has 2 heterocycles. The van der Waals surface area contributed by atoms with Crippen molar-refractivity contribution in [3.63, 3.8) is 0 Å². The molecule has 0 radical (unpaired) electrons. The second-order valence-corrected chi connectivity index (χ2v) is 6.52. The maximum Gasteiger partial charge on any atom is 0.352 e. The number of rotatable bonds is 5. The van der Waals surface area contributed by atoms with Crippen molar-refractivity contribution >= 4 is 16.9 Å². The summed E-state index contributed by atoms with van der Waals surface area (Å²) >= 11 is 0. The lowest BCUT2D eigenvalue weighted by molar-refractivity contribution is 0.0686.